The summed E-state index contributed by atoms with van der Waals surface area (Å²) in [6.07, 6.45) is 0. The van der Waals surface area contributed by atoms with Crippen molar-refractivity contribution in [3.05, 3.63) is 77.9 Å². The molecule has 0 bridgehead atoms. The molecule has 3 aromatic rings. The quantitative estimate of drug-likeness (QED) is 0.594. The lowest BCUT2D eigenvalue weighted by atomic mass is 10.1. The molecule has 0 saturated carbocycles. The molecule has 26 heavy (non-hydrogen) atoms. The van der Waals surface area contributed by atoms with E-state index in [4.69, 9.17) is 4.74 Å². The predicted octanol–water partition coefficient (Wildman–Crippen LogP) is 4.58. The van der Waals surface area contributed by atoms with E-state index >= 15 is 0 Å². The average Bonchev–Trinajstić information content (AvgIpc) is 2.66. The molecule has 3 aromatic carbocycles. The Morgan fingerprint density at radius 1 is 1.04 bits per heavy atom. The van der Waals surface area contributed by atoms with Crippen LogP contribution in [0.3, 0.4) is 0 Å². The van der Waals surface area contributed by atoms with Crippen LogP contribution in [0.4, 0.5) is 0 Å². The van der Waals surface area contributed by atoms with Gasteiger partial charge in [-0.05, 0) is 23.9 Å². The second kappa shape index (κ2) is 9.30. The van der Waals surface area contributed by atoms with E-state index in [1.165, 1.54) is 11.1 Å². The van der Waals surface area contributed by atoms with E-state index in [1.54, 1.807) is 0 Å². The van der Waals surface area contributed by atoms with Gasteiger partial charge in [-0.1, -0.05) is 66.2 Å². The van der Waals surface area contributed by atoms with Gasteiger partial charge in [0.05, 0.1) is 0 Å². The lowest BCUT2D eigenvalue weighted by molar-refractivity contribution is -0.122. The van der Waals surface area contributed by atoms with Crippen LogP contribution < -0.4 is 10.1 Å². The second-order valence-corrected chi connectivity index (χ2v) is 7.26. The van der Waals surface area contributed by atoms with Crippen LogP contribution in [0.25, 0.3) is 10.8 Å². The first-order valence-electron chi connectivity index (χ1n) is 8.73. The van der Waals surface area contributed by atoms with Crippen LogP contribution in [-0.4, -0.2) is 24.8 Å². The van der Waals surface area contributed by atoms with Crippen LogP contribution >= 0.6 is 11.8 Å². The fourth-order valence-corrected chi connectivity index (χ4v) is 3.58. The molecule has 1 amide bonds. The van der Waals surface area contributed by atoms with Gasteiger partial charge in [0.25, 0.3) is 5.91 Å². The smallest absolute Gasteiger partial charge is 0.257 e. The molecular formula is C22H23NO2S. The lowest BCUT2D eigenvalue weighted by Crippen LogP contribution is -2.30. The molecule has 0 radical (unpaired) electrons. The minimum Gasteiger partial charge on any atom is -0.483 e. The Hall–Kier alpha value is -2.46. The first-order valence-corrected chi connectivity index (χ1v) is 9.88. The SMILES string of the molecule is Cc1cccc(CSCCNC(=O)COc2cccc3ccccc23)c1. The molecule has 3 nitrogen and oxygen atoms in total. The molecule has 0 aliphatic heterocycles. The predicted molar refractivity (Wildman–Crippen MR) is 110 cm³/mol. The highest BCUT2D eigenvalue weighted by Crippen LogP contribution is 2.24. The number of thioether (sulfide) groups is 1. The maximum absolute atomic E-state index is 12.0. The second-order valence-electron chi connectivity index (χ2n) is 6.16. The van der Waals surface area contributed by atoms with Gasteiger partial charge in [0, 0.05) is 23.4 Å². The fourth-order valence-electron chi connectivity index (χ4n) is 2.77. The van der Waals surface area contributed by atoms with Crippen LogP contribution in [-0.2, 0) is 10.5 Å². The number of ether oxygens (including phenoxy) is 1. The average molecular weight is 365 g/mol. The minimum absolute atomic E-state index is 0.0382. The van der Waals surface area contributed by atoms with Gasteiger partial charge in [0.1, 0.15) is 5.75 Å². The Labute approximate surface area is 158 Å². The van der Waals surface area contributed by atoms with E-state index in [0.717, 1.165) is 28.0 Å². The zero-order valence-corrected chi connectivity index (χ0v) is 15.7. The number of carbonyl (C=O) groups is 1. The summed E-state index contributed by atoms with van der Waals surface area (Å²) in [5.74, 6) is 2.50. The van der Waals surface area contributed by atoms with Crippen LogP contribution in [0, 0.1) is 6.92 Å². The molecule has 0 aliphatic carbocycles. The number of hydrogen-bond acceptors (Lipinski definition) is 3. The number of amides is 1. The van der Waals surface area contributed by atoms with Crippen molar-refractivity contribution >= 4 is 28.4 Å². The Morgan fingerprint density at radius 2 is 1.85 bits per heavy atom. The normalized spacial score (nSPS) is 10.7. The maximum atomic E-state index is 12.0. The van der Waals surface area contributed by atoms with E-state index in [1.807, 2.05) is 54.2 Å². The molecule has 0 heterocycles. The van der Waals surface area contributed by atoms with Gasteiger partial charge in [-0.3, -0.25) is 4.79 Å². The van der Waals surface area contributed by atoms with Crippen molar-refractivity contribution in [2.45, 2.75) is 12.7 Å². The summed E-state index contributed by atoms with van der Waals surface area (Å²) in [4.78, 5) is 12.0. The summed E-state index contributed by atoms with van der Waals surface area (Å²) in [6, 6.07) is 22.4. The van der Waals surface area contributed by atoms with Crippen molar-refractivity contribution in [1.29, 1.82) is 0 Å². The molecule has 0 aliphatic rings. The van der Waals surface area contributed by atoms with Crippen molar-refractivity contribution in [3.8, 4) is 5.75 Å². The van der Waals surface area contributed by atoms with Crippen molar-refractivity contribution < 1.29 is 9.53 Å². The van der Waals surface area contributed by atoms with Gasteiger partial charge in [-0.2, -0.15) is 11.8 Å². The standard InChI is InChI=1S/C22H23NO2S/c1-17-6-4-7-18(14-17)16-26-13-12-23-22(24)15-25-21-11-5-9-19-8-2-3-10-20(19)21/h2-11,14H,12-13,15-16H2,1H3,(H,23,24). The van der Waals surface area contributed by atoms with Gasteiger partial charge in [0.15, 0.2) is 6.61 Å². The molecule has 134 valence electrons. The van der Waals surface area contributed by atoms with Crippen LogP contribution in [0.2, 0.25) is 0 Å². The number of benzene rings is 3. The number of aryl methyl sites for hydroxylation is 1. The third-order valence-corrected chi connectivity index (χ3v) is 5.06. The Bertz CT molecular complexity index is 873. The van der Waals surface area contributed by atoms with Gasteiger partial charge in [-0.15, -0.1) is 0 Å². The third kappa shape index (κ3) is 5.27. The van der Waals surface area contributed by atoms with E-state index in [2.05, 4.69) is 36.5 Å². The summed E-state index contributed by atoms with van der Waals surface area (Å²) in [5.41, 5.74) is 2.60. The largest absolute Gasteiger partial charge is 0.483 e. The highest BCUT2D eigenvalue weighted by atomic mass is 32.2. The van der Waals surface area contributed by atoms with E-state index < -0.39 is 0 Å². The summed E-state index contributed by atoms with van der Waals surface area (Å²) < 4.78 is 5.70. The first-order chi connectivity index (χ1) is 12.7. The summed E-state index contributed by atoms with van der Waals surface area (Å²) in [5, 5.41) is 5.05. The zero-order chi connectivity index (χ0) is 18.2. The molecule has 0 unspecified atom stereocenters. The first kappa shape index (κ1) is 18.3. The molecule has 1 N–H and O–H groups in total. The maximum Gasteiger partial charge on any atom is 0.257 e. The summed E-state index contributed by atoms with van der Waals surface area (Å²) in [7, 11) is 0. The molecule has 0 aromatic heterocycles. The molecule has 3 rings (SSSR count). The molecular weight excluding hydrogens is 342 g/mol. The molecule has 0 saturated heterocycles. The van der Waals surface area contributed by atoms with Crippen LogP contribution in [0.15, 0.2) is 66.7 Å². The van der Waals surface area contributed by atoms with E-state index in [0.29, 0.717) is 6.54 Å². The van der Waals surface area contributed by atoms with Crippen molar-refractivity contribution in [2.24, 2.45) is 0 Å². The summed E-state index contributed by atoms with van der Waals surface area (Å²) in [6.45, 7) is 2.79. The van der Waals surface area contributed by atoms with Crippen LogP contribution in [0.5, 0.6) is 5.75 Å². The van der Waals surface area contributed by atoms with Gasteiger partial charge < -0.3 is 10.1 Å². The monoisotopic (exact) mass is 365 g/mol. The Morgan fingerprint density at radius 3 is 2.73 bits per heavy atom. The van der Waals surface area contributed by atoms with Gasteiger partial charge >= 0.3 is 0 Å². The Kier molecular flexibility index (Phi) is 6.56. The molecule has 0 fully saturated rings. The Balaban J connectivity index is 1.38. The molecule has 0 atom stereocenters. The van der Waals surface area contributed by atoms with Gasteiger partial charge in [-0.25, -0.2) is 0 Å². The topological polar surface area (TPSA) is 38.3 Å². The summed E-state index contributed by atoms with van der Waals surface area (Å²) >= 11 is 1.82. The number of nitrogens with one attached hydrogen (secondary N) is 1. The van der Waals surface area contributed by atoms with Gasteiger partial charge in [0.2, 0.25) is 0 Å². The highest BCUT2D eigenvalue weighted by Gasteiger charge is 2.05. The third-order valence-electron chi connectivity index (χ3n) is 4.03. The molecule has 4 heteroatoms. The van der Waals surface area contributed by atoms with Crippen LogP contribution in [0.1, 0.15) is 11.1 Å². The minimum atomic E-state index is -0.0888. The van der Waals surface area contributed by atoms with E-state index in [9.17, 15) is 4.79 Å². The fraction of sp³-hybridized carbons (Fsp3) is 0.227. The number of hydrogen-bond donors (Lipinski definition) is 1. The van der Waals surface area contributed by atoms with Crippen molar-refractivity contribution in [3.63, 3.8) is 0 Å². The van der Waals surface area contributed by atoms with Crippen molar-refractivity contribution in [2.75, 3.05) is 18.9 Å². The number of carbonyl (C=O) groups excluding carboxylic acids is 1. The van der Waals surface area contributed by atoms with E-state index in [-0.39, 0.29) is 12.5 Å². The van der Waals surface area contributed by atoms with Crippen molar-refractivity contribution in [1.82, 2.24) is 5.32 Å². The lowest BCUT2D eigenvalue weighted by Gasteiger charge is -2.10. The molecule has 0 spiro atoms. The highest BCUT2D eigenvalue weighted by molar-refractivity contribution is 7.98. The number of fused-ring (bicyclic) bond motifs is 1. The number of rotatable bonds is 8. The zero-order valence-electron chi connectivity index (χ0n) is 14.9.